The highest BCUT2D eigenvalue weighted by atomic mass is 16.5. The molecule has 0 aliphatic carbocycles. The number of rotatable bonds is 5. The van der Waals surface area contributed by atoms with E-state index in [9.17, 15) is 9.59 Å². The van der Waals surface area contributed by atoms with Crippen LogP contribution in [0.3, 0.4) is 0 Å². The molecule has 0 saturated carbocycles. The van der Waals surface area contributed by atoms with Crippen molar-refractivity contribution in [1.29, 1.82) is 0 Å². The number of carboxylic acid groups (broad SMARTS) is 1. The van der Waals surface area contributed by atoms with E-state index >= 15 is 0 Å². The number of hydrogen-bond acceptors (Lipinski definition) is 5. The second-order valence-electron chi connectivity index (χ2n) is 4.97. The molecule has 0 aromatic carbocycles. The molecule has 22 heavy (non-hydrogen) atoms. The van der Waals surface area contributed by atoms with Crippen LogP contribution in [0, 0.1) is 0 Å². The SMILES string of the molecule is COCCC(=O)N1CCN(c2cncc(NC(=O)O)c2)CC1. The molecule has 0 bridgehead atoms. The molecular formula is C14H20N4O4. The third kappa shape index (κ3) is 4.32. The summed E-state index contributed by atoms with van der Waals surface area (Å²) in [4.78, 5) is 30.5. The monoisotopic (exact) mass is 308 g/mol. The molecule has 1 aromatic heterocycles. The van der Waals surface area contributed by atoms with Gasteiger partial charge < -0.3 is 19.6 Å². The summed E-state index contributed by atoms with van der Waals surface area (Å²) in [5, 5.41) is 11.0. The summed E-state index contributed by atoms with van der Waals surface area (Å²) in [6.07, 6.45) is 2.43. The van der Waals surface area contributed by atoms with Gasteiger partial charge in [-0.1, -0.05) is 0 Å². The number of ether oxygens (including phenoxy) is 1. The van der Waals surface area contributed by atoms with Crippen LogP contribution in [0.25, 0.3) is 0 Å². The average Bonchev–Trinajstić information content (AvgIpc) is 2.52. The van der Waals surface area contributed by atoms with Gasteiger partial charge in [-0.2, -0.15) is 0 Å². The van der Waals surface area contributed by atoms with Gasteiger partial charge in [-0.25, -0.2) is 4.79 Å². The quantitative estimate of drug-likeness (QED) is 0.837. The first-order chi connectivity index (χ1) is 10.6. The van der Waals surface area contributed by atoms with Crippen LogP contribution in [0.4, 0.5) is 16.2 Å². The van der Waals surface area contributed by atoms with Gasteiger partial charge in [0.05, 0.1) is 36.8 Å². The van der Waals surface area contributed by atoms with E-state index in [0.29, 0.717) is 44.9 Å². The molecular weight excluding hydrogens is 288 g/mol. The lowest BCUT2D eigenvalue weighted by molar-refractivity contribution is -0.132. The van der Waals surface area contributed by atoms with Crippen LogP contribution in [0.2, 0.25) is 0 Å². The number of nitrogens with zero attached hydrogens (tertiary/aromatic N) is 3. The van der Waals surface area contributed by atoms with Crippen molar-refractivity contribution >= 4 is 23.4 Å². The molecule has 2 heterocycles. The van der Waals surface area contributed by atoms with Gasteiger partial charge in [0.1, 0.15) is 0 Å². The van der Waals surface area contributed by atoms with Crippen molar-refractivity contribution in [3.8, 4) is 0 Å². The van der Waals surface area contributed by atoms with Crippen molar-refractivity contribution in [3.05, 3.63) is 18.5 Å². The van der Waals surface area contributed by atoms with Gasteiger partial charge >= 0.3 is 6.09 Å². The summed E-state index contributed by atoms with van der Waals surface area (Å²) in [5.41, 5.74) is 1.28. The maximum atomic E-state index is 11.9. The molecule has 1 aliphatic heterocycles. The van der Waals surface area contributed by atoms with Crippen LogP contribution in [0.5, 0.6) is 0 Å². The Kier molecular flexibility index (Phi) is 5.54. The first-order valence-corrected chi connectivity index (χ1v) is 7.07. The van der Waals surface area contributed by atoms with Gasteiger partial charge in [0.25, 0.3) is 0 Å². The molecule has 0 atom stereocenters. The number of amides is 2. The van der Waals surface area contributed by atoms with E-state index in [0.717, 1.165) is 5.69 Å². The van der Waals surface area contributed by atoms with Crippen LogP contribution in [0.1, 0.15) is 6.42 Å². The van der Waals surface area contributed by atoms with Gasteiger partial charge in [0.2, 0.25) is 5.91 Å². The maximum Gasteiger partial charge on any atom is 0.409 e. The van der Waals surface area contributed by atoms with E-state index in [2.05, 4.69) is 15.2 Å². The second-order valence-corrected chi connectivity index (χ2v) is 4.97. The lowest BCUT2D eigenvalue weighted by Gasteiger charge is -2.36. The molecule has 1 saturated heterocycles. The zero-order chi connectivity index (χ0) is 15.9. The summed E-state index contributed by atoms with van der Waals surface area (Å²) < 4.78 is 4.92. The Hall–Kier alpha value is -2.35. The number of carbonyl (C=O) groups is 2. The average molecular weight is 308 g/mol. The summed E-state index contributed by atoms with van der Waals surface area (Å²) in [6.45, 7) is 3.10. The predicted octanol–water partition coefficient (Wildman–Crippen LogP) is 0.857. The van der Waals surface area contributed by atoms with Gasteiger partial charge in [0.15, 0.2) is 0 Å². The largest absolute Gasteiger partial charge is 0.465 e. The third-order valence-corrected chi connectivity index (χ3v) is 3.49. The highest BCUT2D eigenvalue weighted by Crippen LogP contribution is 2.19. The molecule has 1 aromatic rings. The molecule has 1 aliphatic rings. The Morgan fingerprint density at radius 1 is 1.32 bits per heavy atom. The van der Waals surface area contributed by atoms with E-state index in [1.54, 1.807) is 19.4 Å². The topological polar surface area (TPSA) is 95.0 Å². The number of anilines is 2. The molecule has 2 amide bonds. The first-order valence-electron chi connectivity index (χ1n) is 7.07. The van der Waals surface area contributed by atoms with Crippen molar-refractivity contribution in [2.75, 3.05) is 50.1 Å². The molecule has 1 fully saturated rings. The first kappa shape index (κ1) is 16.0. The van der Waals surface area contributed by atoms with Crippen LogP contribution < -0.4 is 10.2 Å². The summed E-state index contributed by atoms with van der Waals surface area (Å²) in [6, 6.07) is 1.74. The lowest BCUT2D eigenvalue weighted by Crippen LogP contribution is -2.49. The van der Waals surface area contributed by atoms with E-state index < -0.39 is 6.09 Å². The minimum absolute atomic E-state index is 0.0981. The van der Waals surface area contributed by atoms with Crippen LogP contribution in [-0.4, -0.2) is 66.9 Å². The van der Waals surface area contributed by atoms with E-state index in [1.807, 2.05) is 4.90 Å². The molecule has 8 nitrogen and oxygen atoms in total. The smallest absolute Gasteiger partial charge is 0.409 e. The highest BCUT2D eigenvalue weighted by molar-refractivity contribution is 5.83. The zero-order valence-corrected chi connectivity index (χ0v) is 12.5. The number of nitrogens with one attached hydrogen (secondary N) is 1. The van der Waals surface area contributed by atoms with Crippen molar-refractivity contribution in [1.82, 2.24) is 9.88 Å². The number of hydrogen-bond donors (Lipinski definition) is 2. The Balaban J connectivity index is 1.91. The second kappa shape index (κ2) is 7.60. The molecule has 8 heteroatoms. The fourth-order valence-electron chi connectivity index (χ4n) is 2.35. The molecule has 120 valence electrons. The van der Waals surface area contributed by atoms with Crippen molar-refractivity contribution in [2.45, 2.75) is 6.42 Å². The number of pyridine rings is 1. The fourth-order valence-corrected chi connectivity index (χ4v) is 2.35. The zero-order valence-electron chi connectivity index (χ0n) is 12.5. The molecule has 0 spiro atoms. The minimum Gasteiger partial charge on any atom is -0.465 e. The number of carbonyl (C=O) groups excluding carboxylic acids is 1. The molecule has 2 rings (SSSR count). The van der Waals surface area contributed by atoms with Crippen LogP contribution >= 0.6 is 0 Å². The number of methoxy groups -OCH3 is 1. The van der Waals surface area contributed by atoms with Gasteiger partial charge in [-0.15, -0.1) is 0 Å². The van der Waals surface area contributed by atoms with Crippen molar-refractivity contribution < 1.29 is 19.4 Å². The number of aromatic nitrogens is 1. The predicted molar refractivity (Wildman–Crippen MR) is 81.2 cm³/mol. The van der Waals surface area contributed by atoms with Gasteiger partial charge in [0, 0.05) is 33.3 Å². The normalized spacial score (nSPS) is 14.8. The Bertz CT molecular complexity index is 529. The molecule has 2 N–H and O–H groups in total. The standard InChI is InChI=1S/C14H20N4O4/c1-22-7-2-13(19)18-5-3-17(4-6-18)12-8-11(9-15-10-12)16-14(20)21/h8-10,16H,2-7H2,1H3,(H,20,21). The Morgan fingerprint density at radius 2 is 2.05 bits per heavy atom. The van der Waals surface area contributed by atoms with Gasteiger partial charge in [-0.3, -0.25) is 15.1 Å². The molecule has 0 unspecified atom stereocenters. The number of piperazine rings is 1. The van der Waals surface area contributed by atoms with E-state index in [1.165, 1.54) is 6.20 Å². The third-order valence-electron chi connectivity index (χ3n) is 3.49. The van der Waals surface area contributed by atoms with Crippen LogP contribution in [-0.2, 0) is 9.53 Å². The van der Waals surface area contributed by atoms with Crippen molar-refractivity contribution in [3.63, 3.8) is 0 Å². The van der Waals surface area contributed by atoms with Crippen LogP contribution in [0.15, 0.2) is 18.5 Å². The fraction of sp³-hybridized carbons (Fsp3) is 0.500. The summed E-state index contributed by atoms with van der Waals surface area (Å²) >= 11 is 0. The summed E-state index contributed by atoms with van der Waals surface area (Å²) in [7, 11) is 1.58. The van der Waals surface area contributed by atoms with Gasteiger partial charge in [-0.05, 0) is 6.07 Å². The summed E-state index contributed by atoms with van der Waals surface area (Å²) in [5.74, 6) is 0.0981. The Labute approximate surface area is 128 Å². The highest BCUT2D eigenvalue weighted by Gasteiger charge is 2.21. The molecule has 0 radical (unpaired) electrons. The van der Waals surface area contributed by atoms with E-state index in [4.69, 9.17) is 9.84 Å². The Morgan fingerprint density at radius 3 is 2.68 bits per heavy atom. The van der Waals surface area contributed by atoms with E-state index in [-0.39, 0.29) is 5.91 Å². The minimum atomic E-state index is -1.12. The van der Waals surface area contributed by atoms with Crippen molar-refractivity contribution in [2.24, 2.45) is 0 Å². The maximum absolute atomic E-state index is 11.9. The lowest BCUT2D eigenvalue weighted by atomic mass is 10.2.